The van der Waals surface area contributed by atoms with Gasteiger partial charge in [-0.05, 0) is 48.3 Å². The summed E-state index contributed by atoms with van der Waals surface area (Å²) < 4.78 is 0. The van der Waals surface area contributed by atoms with E-state index in [0.717, 1.165) is 25.2 Å². The number of benzene rings is 1. The van der Waals surface area contributed by atoms with Gasteiger partial charge in [0, 0.05) is 42.8 Å². The molecule has 0 bridgehead atoms. The van der Waals surface area contributed by atoms with Crippen LogP contribution in [0.25, 0.3) is 12.2 Å². The van der Waals surface area contributed by atoms with Gasteiger partial charge in [-0.15, -0.1) is 0 Å². The predicted molar refractivity (Wildman–Crippen MR) is 109 cm³/mol. The van der Waals surface area contributed by atoms with E-state index in [9.17, 15) is 0 Å². The van der Waals surface area contributed by atoms with Crippen LogP contribution >= 0.6 is 0 Å². The van der Waals surface area contributed by atoms with Crippen molar-refractivity contribution in [1.82, 2.24) is 19.8 Å². The first-order chi connectivity index (χ1) is 13.4. The van der Waals surface area contributed by atoms with E-state index in [1.165, 1.54) is 59.8 Å². The molecule has 0 unspecified atom stereocenters. The number of allylic oxidation sites excluding steroid dienone is 2. The van der Waals surface area contributed by atoms with Gasteiger partial charge in [0.15, 0.2) is 0 Å². The minimum atomic E-state index is 0.862. The number of imidazole rings is 1. The van der Waals surface area contributed by atoms with Crippen molar-refractivity contribution in [3.05, 3.63) is 76.0 Å². The van der Waals surface area contributed by atoms with Crippen molar-refractivity contribution in [2.45, 2.75) is 32.2 Å². The first-order valence-electron chi connectivity index (χ1n) is 10.1. The Balaban J connectivity index is 1.58. The summed E-state index contributed by atoms with van der Waals surface area (Å²) in [5, 5.41) is 2.66. The Morgan fingerprint density at radius 1 is 1.00 bits per heavy atom. The molecule has 1 aliphatic carbocycles. The van der Waals surface area contributed by atoms with Crippen molar-refractivity contribution in [2.75, 3.05) is 19.6 Å². The second-order valence-electron chi connectivity index (χ2n) is 7.64. The van der Waals surface area contributed by atoms with Crippen LogP contribution in [0.4, 0.5) is 0 Å². The molecule has 3 aliphatic rings. The first-order valence-corrected chi connectivity index (χ1v) is 10.1. The van der Waals surface area contributed by atoms with E-state index in [4.69, 9.17) is 0 Å². The van der Waals surface area contributed by atoms with Gasteiger partial charge >= 0.3 is 0 Å². The third-order valence-corrected chi connectivity index (χ3v) is 5.89. The number of aromatic nitrogens is 2. The third-order valence-electron chi connectivity index (χ3n) is 5.89. The molecule has 0 amide bonds. The van der Waals surface area contributed by atoms with Gasteiger partial charge < -0.3 is 14.8 Å². The average molecular weight is 358 g/mol. The number of nitrogens with zero attached hydrogens (tertiary/aromatic N) is 3. The number of hydrogen-bond donors (Lipinski definition) is 1. The zero-order valence-electron chi connectivity index (χ0n) is 15.7. The van der Waals surface area contributed by atoms with Gasteiger partial charge in [0.25, 0.3) is 0 Å². The lowest BCUT2D eigenvalue weighted by Gasteiger charge is -2.38. The molecule has 0 spiro atoms. The first kappa shape index (κ1) is 16.4. The zero-order valence-corrected chi connectivity index (χ0v) is 15.7. The van der Waals surface area contributed by atoms with Gasteiger partial charge in [-0.1, -0.05) is 30.3 Å². The van der Waals surface area contributed by atoms with E-state index in [-0.39, 0.29) is 0 Å². The summed E-state index contributed by atoms with van der Waals surface area (Å²) in [6.07, 6.45) is 15.9. The van der Waals surface area contributed by atoms with Crippen molar-refractivity contribution in [1.29, 1.82) is 0 Å². The predicted octanol–water partition coefficient (Wildman–Crippen LogP) is 2.51. The molecular formula is C23H26N4. The second-order valence-corrected chi connectivity index (χ2v) is 7.64. The zero-order chi connectivity index (χ0) is 18.1. The highest BCUT2D eigenvalue weighted by Crippen LogP contribution is 2.32. The Hall–Kier alpha value is -2.75. The van der Waals surface area contributed by atoms with E-state index in [0.29, 0.717) is 0 Å². The molecule has 5 rings (SSSR count). The molecule has 4 nitrogen and oxygen atoms in total. The Morgan fingerprint density at radius 3 is 2.67 bits per heavy atom. The molecule has 0 atom stereocenters. The highest BCUT2D eigenvalue weighted by atomic mass is 15.2. The summed E-state index contributed by atoms with van der Waals surface area (Å²) in [5.41, 5.74) is 5.46. The smallest absolute Gasteiger partial charge is 0.0922 e. The van der Waals surface area contributed by atoms with Gasteiger partial charge in [0.05, 0.1) is 18.6 Å². The minimum absolute atomic E-state index is 0.862. The normalized spacial score (nSPS) is 19.5. The molecule has 4 heteroatoms. The van der Waals surface area contributed by atoms with Crippen molar-refractivity contribution in [3.63, 3.8) is 0 Å². The molecule has 1 aromatic carbocycles. The molecule has 27 heavy (non-hydrogen) atoms. The monoisotopic (exact) mass is 358 g/mol. The van der Waals surface area contributed by atoms with Crippen molar-refractivity contribution in [3.8, 4) is 0 Å². The minimum Gasteiger partial charge on any atom is -0.371 e. The van der Waals surface area contributed by atoms with E-state index >= 15 is 0 Å². The Kier molecular flexibility index (Phi) is 4.32. The lowest BCUT2D eigenvalue weighted by atomic mass is 9.98. The van der Waals surface area contributed by atoms with E-state index in [1.54, 1.807) is 6.33 Å². The van der Waals surface area contributed by atoms with Crippen LogP contribution in [0.1, 0.15) is 31.4 Å². The Labute approximate surface area is 160 Å². The molecule has 1 fully saturated rings. The van der Waals surface area contributed by atoms with E-state index in [1.807, 2.05) is 6.20 Å². The van der Waals surface area contributed by atoms with E-state index < -0.39 is 0 Å². The van der Waals surface area contributed by atoms with Crippen LogP contribution in [-0.4, -0.2) is 39.4 Å². The average Bonchev–Trinajstić information content (AvgIpc) is 3.14. The summed E-state index contributed by atoms with van der Waals surface area (Å²) in [5.74, 6) is 0. The van der Waals surface area contributed by atoms with Gasteiger partial charge in [0.1, 0.15) is 0 Å². The summed E-state index contributed by atoms with van der Waals surface area (Å²) >= 11 is 0. The molecule has 2 aliphatic heterocycles. The Bertz CT molecular complexity index is 991. The Morgan fingerprint density at radius 2 is 1.85 bits per heavy atom. The van der Waals surface area contributed by atoms with Crippen molar-refractivity contribution >= 4 is 12.2 Å². The number of rotatable bonds is 3. The van der Waals surface area contributed by atoms with Crippen LogP contribution in [0.3, 0.4) is 0 Å². The quantitative estimate of drug-likeness (QED) is 0.916. The number of nitrogens with one attached hydrogen (secondary N) is 1. The lowest BCUT2D eigenvalue weighted by molar-refractivity contribution is 0.277. The number of hydrogen-bond acceptors (Lipinski definition) is 3. The molecular weight excluding hydrogens is 332 g/mol. The fourth-order valence-corrected chi connectivity index (χ4v) is 4.50. The lowest BCUT2D eigenvalue weighted by Crippen LogP contribution is -2.35. The summed E-state index contributed by atoms with van der Waals surface area (Å²) in [4.78, 5) is 12.6. The van der Waals surface area contributed by atoms with Crippen LogP contribution in [0.2, 0.25) is 0 Å². The molecule has 0 saturated carbocycles. The summed E-state index contributed by atoms with van der Waals surface area (Å²) in [6, 6.07) is 8.73. The summed E-state index contributed by atoms with van der Waals surface area (Å²) in [6.45, 7) is 4.19. The van der Waals surface area contributed by atoms with E-state index in [2.05, 4.69) is 62.3 Å². The second kappa shape index (κ2) is 7.10. The summed E-state index contributed by atoms with van der Waals surface area (Å²) in [7, 11) is 0. The maximum absolute atomic E-state index is 4.20. The maximum atomic E-state index is 4.20. The number of aromatic amines is 1. The maximum Gasteiger partial charge on any atom is 0.0922 e. The van der Waals surface area contributed by atoms with Gasteiger partial charge in [-0.2, -0.15) is 0 Å². The molecule has 1 N–H and O–H groups in total. The molecule has 0 radical (unpaired) electrons. The van der Waals surface area contributed by atoms with Gasteiger partial charge in [-0.3, -0.25) is 0 Å². The fourth-order valence-electron chi connectivity index (χ4n) is 4.50. The van der Waals surface area contributed by atoms with Crippen LogP contribution in [0.5, 0.6) is 0 Å². The largest absolute Gasteiger partial charge is 0.371 e. The molecule has 3 heterocycles. The fraction of sp³-hybridized carbons (Fsp3) is 0.348. The number of likely N-dealkylation sites (tertiary alicyclic amines) is 1. The van der Waals surface area contributed by atoms with Crippen LogP contribution in [0, 0.1) is 0 Å². The number of fused-ring (bicyclic) bond motifs is 1. The van der Waals surface area contributed by atoms with Gasteiger partial charge in [-0.25, -0.2) is 4.98 Å². The van der Waals surface area contributed by atoms with Crippen LogP contribution < -0.4 is 10.4 Å². The van der Waals surface area contributed by atoms with Crippen LogP contribution in [0.15, 0.2) is 59.8 Å². The molecule has 138 valence electrons. The highest BCUT2D eigenvalue weighted by Gasteiger charge is 2.25. The molecule has 1 saturated heterocycles. The standard InChI is InChI=1S/C23H26N4/c1-4-11-26(12-5-1)22-10-13-27(16-20-15-24-17-25-20)23-14-19-7-3-2-6-18(19)8-9-21(22)23/h2-3,6-8,10,14-15,17H,1,4-5,9,11-13,16H2,(H,24,25). The number of H-pyrrole nitrogens is 1. The molecule has 2 aromatic rings. The van der Waals surface area contributed by atoms with Crippen LogP contribution in [-0.2, 0) is 6.54 Å². The molecule has 1 aromatic heterocycles. The SMILES string of the molecule is C1=C(N2CCCCC2)C2=C(C=c3ccccc3=CC2)N(Cc2cnc[nH]2)C1. The van der Waals surface area contributed by atoms with Crippen molar-refractivity contribution in [2.24, 2.45) is 0 Å². The third kappa shape index (κ3) is 3.20. The topological polar surface area (TPSA) is 35.2 Å². The highest BCUT2D eigenvalue weighted by molar-refractivity contribution is 5.60. The number of piperidine rings is 1. The van der Waals surface area contributed by atoms with Gasteiger partial charge in [0.2, 0.25) is 0 Å². The van der Waals surface area contributed by atoms with Crippen molar-refractivity contribution < 1.29 is 0 Å².